The average molecular weight is 489 g/mol. The molecule has 0 spiro atoms. The minimum absolute atomic E-state index is 0.0961. The van der Waals surface area contributed by atoms with Gasteiger partial charge in [-0.05, 0) is 71.4 Å². The number of hydrogen-bond acceptors (Lipinski definition) is 5. The number of carbonyl (C=O) groups is 2. The zero-order valence-electron chi connectivity index (χ0n) is 20.4. The van der Waals surface area contributed by atoms with Gasteiger partial charge in [0.2, 0.25) is 0 Å². The Bertz CT molecular complexity index is 848. The number of carbonyl (C=O) groups excluding carboxylic acids is 2. The van der Waals surface area contributed by atoms with Gasteiger partial charge in [0.05, 0.1) is 7.11 Å². The van der Waals surface area contributed by atoms with Crippen LogP contribution in [0.15, 0.2) is 24.3 Å². The summed E-state index contributed by atoms with van der Waals surface area (Å²) in [6, 6.07) is 4.16. The van der Waals surface area contributed by atoms with Crippen molar-refractivity contribution in [3.63, 3.8) is 0 Å². The van der Waals surface area contributed by atoms with E-state index in [4.69, 9.17) is 9.47 Å². The first-order valence-corrected chi connectivity index (χ1v) is 11.4. The summed E-state index contributed by atoms with van der Waals surface area (Å²) in [7, 11) is 1.28. The SMILES string of the molecule is COc1cccc([C@@](O)(C(=O)NC(C)CCC2CCN(C(=O)OC(C)(C)C)CC2)C(F)(F)F)c1. The van der Waals surface area contributed by atoms with Crippen LogP contribution in [0, 0.1) is 5.92 Å². The summed E-state index contributed by atoms with van der Waals surface area (Å²) in [6.07, 6.45) is -2.97. The van der Waals surface area contributed by atoms with Crippen molar-refractivity contribution in [2.75, 3.05) is 20.2 Å². The fourth-order valence-corrected chi connectivity index (χ4v) is 3.89. The van der Waals surface area contributed by atoms with Gasteiger partial charge < -0.3 is 24.8 Å². The van der Waals surface area contributed by atoms with Gasteiger partial charge in [0, 0.05) is 24.7 Å². The summed E-state index contributed by atoms with van der Waals surface area (Å²) in [5.41, 5.74) is -4.88. The van der Waals surface area contributed by atoms with Crippen LogP contribution in [0.1, 0.15) is 58.9 Å². The Morgan fingerprint density at radius 2 is 1.82 bits per heavy atom. The molecule has 34 heavy (non-hydrogen) atoms. The number of amides is 2. The molecule has 0 aliphatic carbocycles. The van der Waals surface area contributed by atoms with E-state index in [9.17, 15) is 27.9 Å². The Morgan fingerprint density at radius 3 is 2.35 bits per heavy atom. The van der Waals surface area contributed by atoms with Crippen LogP contribution in [0.5, 0.6) is 5.75 Å². The maximum Gasteiger partial charge on any atom is 0.430 e. The molecule has 1 aromatic carbocycles. The van der Waals surface area contributed by atoms with Gasteiger partial charge in [-0.1, -0.05) is 12.1 Å². The summed E-state index contributed by atoms with van der Waals surface area (Å²) in [4.78, 5) is 26.5. The first-order valence-electron chi connectivity index (χ1n) is 11.4. The number of methoxy groups -OCH3 is 1. The first-order chi connectivity index (χ1) is 15.7. The van der Waals surface area contributed by atoms with Crippen LogP contribution in [0.4, 0.5) is 18.0 Å². The molecule has 7 nitrogen and oxygen atoms in total. The summed E-state index contributed by atoms with van der Waals surface area (Å²) >= 11 is 0. The molecule has 2 amide bonds. The highest BCUT2D eigenvalue weighted by molar-refractivity contribution is 5.87. The number of nitrogens with zero attached hydrogens (tertiary/aromatic N) is 1. The molecule has 10 heteroatoms. The number of piperidine rings is 1. The summed E-state index contributed by atoms with van der Waals surface area (Å²) in [5, 5.41) is 12.8. The van der Waals surface area contributed by atoms with Gasteiger partial charge in [0.1, 0.15) is 11.4 Å². The maximum absolute atomic E-state index is 13.8. The number of ether oxygens (including phenoxy) is 2. The zero-order chi connectivity index (χ0) is 25.7. The topological polar surface area (TPSA) is 88.1 Å². The number of rotatable bonds is 7. The van der Waals surface area contributed by atoms with Crippen molar-refractivity contribution in [2.24, 2.45) is 5.92 Å². The van der Waals surface area contributed by atoms with E-state index in [1.807, 2.05) is 20.8 Å². The Balaban J connectivity index is 1.93. The molecule has 1 unspecified atom stereocenters. The van der Waals surface area contributed by atoms with Crippen LogP contribution >= 0.6 is 0 Å². The summed E-state index contributed by atoms with van der Waals surface area (Å²) < 4.78 is 51.8. The third-order valence-corrected chi connectivity index (χ3v) is 5.88. The van der Waals surface area contributed by atoms with Crippen LogP contribution < -0.4 is 10.1 Å². The number of alkyl halides is 3. The normalized spacial score (nSPS) is 18.1. The molecule has 0 aromatic heterocycles. The maximum atomic E-state index is 13.8. The lowest BCUT2D eigenvalue weighted by Crippen LogP contribution is -2.56. The number of nitrogens with one attached hydrogen (secondary N) is 1. The minimum atomic E-state index is -5.22. The second-order valence-corrected chi connectivity index (χ2v) is 9.80. The highest BCUT2D eigenvalue weighted by Crippen LogP contribution is 2.40. The van der Waals surface area contributed by atoms with Crippen LogP contribution in [-0.2, 0) is 15.1 Å². The Morgan fingerprint density at radius 1 is 1.21 bits per heavy atom. The second-order valence-electron chi connectivity index (χ2n) is 9.80. The summed E-state index contributed by atoms with van der Waals surface area (Å²) in [6.45, 7) is 8.12. The van der Waals surface area contributed by atoms with E-state index in [1.54, 1.807) is 11.8 Å². The van der Waals surface area contributed by atoms with E-state index >= 15 is 0 Å². The standard InChI is InChI=1S/C24H35F3N2O5/c1-16(9-10-17-11-13-29(14-12-17)21(31)34-22(2,3)4)28-20(30)23(32,24(25,26)27)18-7-6-8-19(15-18)33-5/h6-8,15-17,32H,9-14H2,1-5H3,(H,28,30)/t16?,23-/m1/s1. The van der Waals surface area contributed by atoms with Crippen molar-refractivity contribution in [3.8, 4) is 5.75 Å². The zero-order valence-corrected chi connectivity index (χ0v) is 20.4. The molecule has 1 saturated heterocycles. The van der Waals surface area contributed by atoms with E-state index in [2.05, 4.69) is 5.32 Å². The van der Waals surface area contributed by atoms with Crippen molar-refractivity contribution in [3.05, 3.63) is 29.8 Å². The predicted octanol–water partition coefficient (Wildman–Crippen LogP) is 4.38. The lowest BCUT2D eigenvalue weighted by Gasteiger charge is -2.34. The van der Waals surface area contributed by atoms with Crippen LogP contribution in [0.3, 0.4) is 0 Å². The van der Waals surface area contributed by atoms with Crippen LogP contribution in [-0.4, -0.2) is 60.0 Å². The van der Waals surface area contributed by atoms with E-state index in [0.29, 0.717) is 25.9 Å². The van der Waals surface area contributed by atoms with Crippen molar-refractivity contribution < 1.29 is 37.3 Å². The molecule has 0 bridgehead atoms. The lowest BCUT2D eigenvalue weighted by atomic mass is 9.89. The number of halogens is 3. The number of aliphatic hydroxyl groups is 1. The monoisotopic (exact) mass is 488 g/mol. The molecule has 1 fully saturated rings. The van der Waals surface area contributed by atoms with Gasteiger partial charge >= 0.3 is 12.3 Å². The highest BCUT2D eigenvalue weighted by atomic mass is 19.4. The molecule has 2 atom stereocenters. The third kappa shape index (κ3) is 7.01. The molecule has 1 heterocycles. The van der Waals surface area contributed by atoms with Gasteiger partial charge in [-0.25, -0.2) is 4.79 Å². The number of hydrogen-bond donors (Lipinski definition) is 2. The molecule has 2 rings (SSSR count). The van der Waals surface area contributed by atoms with Gasteiger partial charge in [0.25, 0.3) is 11.5 Å². The lowest BCUT2D eigenvalue weighted by molar-refractivity contribution is -0.257. The van der Waals surface area contributed by atoms with Crippen LogP contribution in [0.2, 0.25) is 0 Å². The molecule has 1 aliphatic heterocycles. The van der Waals surface area contributed by atoms with Crippen molar-refractivity contribution >= 4 is 12.0 Å². The van der Waals surface area contributed by atoms with E-state index in [-0.39, 0.29) is 17.8 Å². The van der Waals surface area contributed by atoms with E-state index in [1.165, 1.54) is 19.2 Å². The smallest absolute Gasteiger partial charge is 0.430 e. The molecular weight excluding hydrogens is 453 g/mol. The Labute approximate surface area is 198 Å². The molecule has 1 aliphatic rings. The average Bonchev–Trinajstić information content (AvgIpc) is 2.75. The predicted molar refractivity (Wildman–Crippen MR) is 120 cm³/mol. The molecule has 2 N–H and O–H groups in total. The molecule has 0 saturated carbocycles. The second kappa shape index (κ2) is 10.8. The van der Waals surface area contributed by atoms with E-state index < -0.39 is 34.9 Å². The number of likely N-dealkylation sites (tertiary alicyclic amines) is 1. The molecule has 192 valence electrons. The van der Waals surface area contributed by atoms with E-state index in [0.717, 1.165) is 25.0 Å². The Hall–Kier alpha value is -2.49. The number of benzene rings is 1. The van der Waals surface area contributed by atoms with Gasteiger partial charge in [-0.2, -0.15) is 13.2 Å². The largest absolute Gasteiger partial charge is 0.497 e. The molecular formula is C24H35F3N2O5. The van der Waals surface area contributed by atoms with Crippen molar-refractivity contribution in [1.29, 1.82) is 0 Å². The van der Waals surface area contributed by atoms with Gasteiger partial charge in [-0.15, -0.1) is 0 Å². The minimum Gasteiger partial charge on any atom is -0.497 e. The molecule has 1 aromatic rings. The molecule has 0 radical (unpaired) electrons. The highest BCUT2D eigenvalue weighted by Gasteiger charge is 2.61. The Kier molecular flexibility index (Phi) is 8.85. The van der Waals surface area contributed by atoms with Crippen molar-refractivity contribution in [2.45, 2.75) is 76.8 Å². The summed E-state index contributed by atoms with van der Waals surface area (Å²) in [5.74, 6) is -1.16. The first kappa shape index (κ1) is 27.8. The van der Waals surface area contributed by atoms with Crippen molar-refractivity contribution in [1.82, 2.24) is 10.2 Å². The van der Waals surface area contributed by atoms with Crippen LogP contribution in [0.25, 0.3) is 0 Å². The fraction of sp³-hybridized carbons (Fsp3) is 0.667. The van der Waals surface area contributed by atoms with Gasteiger partial charge in [0.15, 0.2) is 0 Å². The third-order valence-electron chi connectivity index (χ3n) is 5.88. The quantitative estimate of drug-likeness (QED) is 0.595. The van der Waals surface area contributed by atoms with Gasteiger partial charge in [-0.3, -0.25) is 4.79 Å². The fourth-order valence-electron chi connectivity index (χ4n) is 3.89.